The molecule has 5 nitrogen and oxygen atoms in total. The number of anilines is 1. The Morgan fingerprint density at radius 2 is 2.05 bits per heavy atom. The molecule has 0 aliphatic rings. The molecule has 2 aromatic rings. The number of carbonyl (C=O) groups is 1. The van der Waals surface area contributed by atoms with Gasteiger partial charge in [-0.05, 0) is 23.6 Å². The van der Waals surface area contributed by atoms with Gasteiger partial charge in [-0.15, -0.1) is 0 Å². The van der Waals surface area contributed by atoms with Crippen molar-refractivity contribution in [3.8, 4) is 0 Å². The highest BCUT2D eigenvalue weighted by molar-refractivity contribution is 5.80. The second-order valence-corrected chi connectivity index (χ2v) is 4.79. The molecule has 1 heterocycles. The first kappa shape index (κ1) is 13.3. The fourth-order valence-electron chi connectivity index (χ4n) is 2.01. The number of hydrogen-bond donors (Lipinski definition) is 1. The van der Waals surface area contributed by atoms with Crippen LogP contribution in [0.5, 0.6) is 0 Å². The Morgan fingerprint density at radius 3 is 2.63 bits per heavy atom. The fourth-order valence-corrected chi connectivity index (χ4v) is 2.01. The molecular weight excluding hydrogens is 240 g/mol. The minimum absolute atomic E-state index is 0.167. The van der Waals surface area contributed by atoms with Crippen LogP contribution in [0, 0.1) is 0 Å². The number of aryl methyl sites for hydroxylation is 1. The van der Waals surface area contributed by atoms with Crippen LogP contribution in [-0.2, 0) is 18.3 Å². The minimum Gasteiger partial charge on any atom is -0.399 e. The van der Waals surface area contributed by atoms with Gasteiger partial charge in [-0.2, -0.15) is 5.10 Å². The Kier molecular flexibility index (Phi) is 3.94. The number of nitrogens with zero attached hydrogens (tertiary/aromatic N) is 3. The number of hydrogen-bond acceptors (Lipinski definition) is 4. The monoisotopic (exact) mass is 258 g/mol. The molecule has 0 aliphatic carbocycles. The standard InChI is InChI=1S/C14H18N4O/c1-10(11-3-5-12(15)6-4-11)7-13(19)8-14-16-9-17-18(14)2/h3-6,9-10H,7-8,15H2,1-2H3. The van der Waals surface area contributed by atoms with E-state index in [0.717, 1.165) is 11.3 Å². The first-order valence-electron chi connectivity index (χ1n) is 6.26. The van der Waals surface area contributed by atoms with E-state index in [0.29, 0.717) is 18.7 Å². The Hall–Kier alpha value is -2.17. The van der Waals surface area contributed by atoms with Gasteiger partial charge in [0.15, 0.2) is 0 Å². The van der Waals surface area contributed by atoms with E-state index in [4.69, 9.17) is 5.73 Å². The molecule has 0 saturated carbocycles. The normalized spacial score (nSPS) is 12.3. The van der Waals surface area contributed by atoms with Gasteiger partial charge in [0.1, 0.15) is 17.9 Å². The summed E-state index contributed by atoms with van der Waals surface area (Å²) < 4.78 is 1.63. The number of Topliss-reactive ketones (excluding diaryl/α,β-unsaturated/α-hetero) is 1. The average molecular weight is 258 g/mol. The number of ketones is 1. The van der Waals surface area contributed by atoms with Gasteiger partial charge in [-0.1, -0.05) is 19.1 Å². The third-order valence-corrected chi connectivity index (χ3v) is 3.20. The zero-order chi connectivity index (χ0) is 13.8. The van der Waals surface area contributed by atoms with Crippen LogP contribution in [0.3, 0.4) is 0 Å². The Labute approximate surface area is 112 Å². The van der Waals surface area contributed by atoms with Crippen LogP contribution in [-0.4, -0.2) is 20.5 Å². The molecule has 0 radical (unpaired) electrons. The largest absolute Gasteiger partial charge is 0.399 e. The van der Waals surface area contributed by atoms with Crippen molar-refractivity contribution in [2.45, 2.75) is 25.7 Å². The van der Waals surface area contributed by atoms with E-state index in [1.807, 2.05) is 31.2 Å². The summed E-state index contributed by atoms with van der Waals surface area (Å²) in [7, 11) is 1.79. The molecule has 2 N–H and O–H groups in total. The van der Waals surface area contributed by atoms with Crippen molar-refractivity contribution in [3.63, 3.8) is 0 Å². The highest BCUT2D eigenvalue weighted by Crippen LogP contribution is 2.20. The average Bonchev–Trinajstić information content (AvgIpc) is 2.75. The molecule has 0 fully saturated rings. The predicted octanol–water partition coefficient (Wildman–Crippen LogP) is 1.70. The number of aromatic nitrogens is 3. The maximum absolute atomic E-state index is 12.0. The van der Waals surface area contributed by atoms with Crippen molar-refractivity contribution in [1.29, 1.82) is 0 Å². The molecule has 2 rings (SSSR count). The molecule has 0 bridgehead atoms. The van der Waals surface area contributed by atoms with Crippen molar-refractivity contribution < 1.29 is 4.79 Å². The SMILES string of the molecule is CC(CC(=O)Cc1ncnn1C)c1ccc(N)cc1. The fraction of sp³-hybridized carbons (Fsp3) is 0.357. The summed E-state index contributed by atoms with van der Waals surface area (Å²) >= 11 is 0. The second-order valence-electron chi connectivity index (χ2n) is 4.79. The lowest BCUT2D eigenvalue weighted by atomic mass is 9.94. The number of rotatable bonds is 5. The van der Waals surface area contributed by atoms with E-state index in [-0.39, 0.29) is 11.7 Å². The lowest BCUT2D eigenvalue weighted by Crippen LogP contribution is -2.11. The maximum atomic E-state index is 12.0. The van der Waals surface area contributed by atoms with Crippen molar-refractivity contribution >= 4 is 11.5 Å². The van der Waals surface area contributed by atoms with Crippen LogP contribution in [0.4, 0.5) is 5.69 Å². The topological polar surface area (TPSA) is 73.8 Å². The summed E-state index contributed by atoms with van der Waals surface area (Å²) in [5.74, 6) is 1.05. The van der Waals surface area contributed by atoms with Gasteiger partial charge >= 0.3 is 0 Å². The zero-order valence-electron chi connectivity index (χ0n) is 11.2. The van der Waals surface area contributed by atoms with Gasteiger partial charge in [0.25, 0.3) is 0 Å². The molecule has 0 amide bonds. The van der Waals surface area contributed by atoms with Crippen molar-refractivity contribution in [2.75, 3.05) is 5.73 Å². The summed E-state index contributed by atoms with van der Waals surface area (Å²) in [6, 6.07) is 7.66. The molecule has 1 aromatic carbocycles. The molecule has 0 aliphatic heterocycles. The van der Waals surface area contributed by atoms with Crippen LogP contribution in [0.1, 0.15) is 30.7 Å². The highest BCUT2D eigenvalue weighted by Gasteiger charge is 2.13. The molecule has 1 aromatic heterocycles. The number of carbonyl (C=O) groups excluding carboxylic acids is 1. The zero-order valence-corrected chi connectivity index (χ0v) is 11.2. The molecule has 19 heavy (non-hydrogen) atoms. The number of nitrogens with two attached hydrogens (primary N) is 1. The van der Waals surface area contributed by atoms with E-state index in [1.165, 1.54) is 6.33 Å². The van der Waals surface area contributed by atoms with E-state index < -0.39 is 0 Å². The van der Waals surface area contributed by atoms with Gasteiger partial charge in [0, 0.05) is 19.2 Å². The van der Waals surface area contributed by atoms with Crippen LogP contribution >= 0.6 is 0 Å². The van der Waals surface area contributed by atoms with Gasteiger partial charge in [-0.25, -0.2) is 4.98 Å². The quantitative estimate of drug-likeness (QED) is 0.828. The second kappa shape index (κ2) is 5.65. The van der Waals surface area contributed by atoms with E-state index in [1.54, 1.807) is 11.7 Å². The van der Waals surface area contributed by atoms with Crippen molar-refractivity contribution in [1.82, 2.24) is 14.8 Å². The Balaban J connectivity index is 1.95. The van der Waals surface area contributed by atoms with Crippen LogP contribution in [0.25, 0.3) is 0 Å². The van der Waals surface area contributed by atoms with E-state index >= 15 is 0 Å². The van der Waals surface area contributed by atoms with Gasteiger partial charge in [0.05, 0.1) is 6.42 Å². The summed E-state index contributed by atoms with van der Waals surface area (Å²) in [6.07, 6.45) is 2.29. The number of nitrogen functional groups attached to an aromatic ring is 1. The molecule has 1 unspecified atom stereocenters. The van der Waals surface area contributed by atoms with Crippen molar-refractivity contribution in [3.05, 3.63) is 42.0 Å². The van der Waals surface area contributed by atoms with E-state index in [9.17, 15) is 4.79 Å². The van der Waals surface area contributed by atoms with Crippen molar-refractivity contribution in [2.24, 2.45) is 7.05 Å². The van der Waals surface area contributed by atoms with Gasteiger partial charge < -0.3 is 5.73 Å². The van der Waals surface area contributed by atoms with Crippen LogP contribution < -0.4 is 5.73 Å². The molecule has 0 saturated heterocycles. The lowest BCUT2D eigenvalue weighted by molar-refractivity contribution is -0.118. The molecule has 0 spiro atoms. The smallest absolute Gasteiger partial charge is 0.141 e. The summed E-state index contributed by atoms with van der Waals surface area (Å²) in [6.45, 7) is 2.04. The minimum atomic E-state index is 0.167. The molecule has 100 valence electrons. The summed E-state index contributed by atoms with van der Waals surface area (Å²) in [5.41, 5.74) is 7.51. The Morgan fingerprint density at radius 1 is 1.37 bits per heavy atom. The third-order valence-electron chi connectivity index (χ3n) is 3.20. The van der Waals surface area contributed by atoms with E-state index in [2.05, 4.69) is 10.1 Å². The summed E-state index contributed by atoms with van der Waals surface area (Å²) in [5, 5.41) is 3.96. The third kappa shape index (κ3) is 3.40. The van der Waals surface area contributed by atoms with Gasteiger partial charge in [0.2, 0.25) is 0 Å². The first-order chi connectivity index (χ1) is 9.06. The summed E-state index contributed by atoms with van der Waals surface area (Å²) in [4.78, 5) is 16.1. The van der Waals surface area contributed by atoms with Crippen LogP contribution in [0.2, 0.25) is 0 Å². The number of benzene rings is 1. The molecular formula is C14H18N4O. The van der Waals surface area contributed by atoms with Crippen LogP contribution in [0.15, 0.2) is 30.6 Å². The lowest BCUT2D eigenvalue weighted by Gasteiger charge is -2.11. The molecule has 5 heteroatoms. The highest BCUT2D eigenvalue weighted by atomic mass is 16.1. The Bertz CT molecular complexity index is 559. The van der Waals surface area contributed by atoms with Gasteiger partial charge in [-0.3, -0.25) is 9.48 Å². The first-order valence-corrected chi connectivity index (χ1v) is 6.26. The predicted molar refractivity (Wildman–Crippen MR) is 73.6 cm³/mol. The maximum Gasteiger partial charge on any atom is 0.141 e. The molecule has 1 atom stereocenters.